The number of esters is 2. The molecule has 3 unspecified atom stereocenters. The second-order valence-electron chi connectivity index (χ2n) is 15.2. The lowest BCUT2D eigenvalue weighted by Crippen LogP contribution is -2.34. The van der Waals surface area contributed by atoms with Gasteiger partial charge in [0, 0.05) is 6.42 Å². The molecule has 0 aliphatic carbocycles. The van der Waals surface area contributed by atoms with Gasteiger partial charge in [-0.15, -0.1) is 0 Å². The first kappa shape index (κ1) is 56.2. The molecule has 3 atom stereocenters. The number of carbonyl (C=O) groups is 3. The fourth-order valence-corrected chi connectivity index (χ4v) is 6.80. The van der Waals surface area contributed by atoms with Crippen molar-refractivity contribution in [3.8, 4) is 0 Å². The van der Waals surface area contributed by atoms with E-state index >= 15 is 0 Å². The summed E-state index contributed by atoms with van der Waals surface area (Å²) in [5, 5.41) is 8.89. The van der Waals surface area contributed by atoms with Gasteiger partial charge in [0.25, 0.3) is 0 Å². The van der Waals surface area contributed by atoms with Gasteiger partial charge in [-0.2, -0.15) is 0 Å². The van der Waals surface area contributed by atoms with Crippen LogP contribution >= 0.6 is 7.82 Å². The summed E-state index contributed by atoms with van der Waals surface area (Å²) in [4.78, 5) is 45.9. The molecule has 0 rings (SSSR count). The number of carboxylic acid groups (broad SMARTS) is 1. The van der Waals surface area contributed by atoms with E-state index in [0.717, 1.165) is 44.9 Å². The van der Waals surface area contributed by atoms with Gasteiger partial charge in [0.15, 0.2) is 6.10 Å². The van der Waals surface area contributed by atoms with Crippen LogP contribution in [0.1, 0.15) is 187 Å². The molecule has 11 nitrogen and oxygen atoms in total. The van der Waals surface area contributed by atoms with E-state index in [1.165, 1.54) is 103 Å². The maximum absolute atomic E-state index is 12.6. The second kappa shape index (κ2) is 41.9. The molecule has 0 fully saturated rings. The van der Waals surface area contributed by atoms with E-state index in [4.69, 9.17) is 24.8 Å². The number of rotatable bonds is 42. The maximum Gasteiger partial charge on any atom is 0.472 e. The summed E-state index contributed by atoms with van der Waals surface area (Å²) in [6.45, 7) is 2.60. The predicted octanol–water partition coefficient (Wildman–Crippen LogP) is 12.3. The van der Waals surface area contributed by atoms with E-state index in [0.29, 0.717) is 12.8 Å². The van der Waals surface area contributed by atoms with Gasteiger partial charge in [-0.3, -0.25) is 23.4 Å². The van der Waals surface area contributed by atoms with Gasteiger partial charge in [0.1, 0.15) is 12.6 Å². The second-order valence-corrected chi connectivity index (χ2v) is 16.6. The summed E-state index contributed by atoms with van der Waals surface area (Å²) < 4.78 is 32.6. The van der Waals surface area contributed by atoms with Crippen molar-refractivity contribution >= 4 is 25.7 Å². The molecule has 0 radical (unpaired) electrons. The molecule has 0 aromatic carbocycles. The first-order valence-corrected chi connectivity index (χ1v) is 24.3. The summed E-state index contributed by atoms with van der Waals surface area (Å²) in [7, 11) is -4.74. The zero-order valence-corrected chi connectivity index (χ0v) is 37.7. The van der Waals surface area contributed by atoms with Gasteiger partial charge >= 0.3 is 25.7 Å². The van der Waals surface area contributed by atoms with Gasteiger partial charge < -0.3 is 25.2 Å². The minimum atomic E-state index is -4.74. The molecule has 0 aliphatic heterocycles. The van der Waals surface area contributed by atoms with Crippen LogP contribution in [-0.4, -0.2) is 59.9 Å². The number of carbonyl (C=O) groups excluding carboxylic acids is 2. The van der Waals surface area contributed by atoms with E-state index in [1.54, 1.807) is 6.08 Å². The lowest BCUT2D eigenvalue weighted by atomic mass is 10.0. The molecule has 0 aliphatic rings. The predicted molar refractivity (Wildman–Crippen MR) is 240 cm³/mol. The Hall–Kier alpha value is -2.82. The lowest BCUT2D eigenvalue weighted by molar-refractivity contribution is -0.160. The minimum Gasteiger partial charge on any atom is -0.480 e. The van der Waals surface area contributed by atoms with Crippen LogP contribution in [0.5, 0.6) is 0 Å². The normalized spacial score (nSPS) is 14.2. The van der Waals surface area contributed by atoms with Crippen LogP contribution < -0.4 is 5.73 Å². The van der Waals surface area contributed by atoms with E-state index < -0.39 is 51.1 Å². The summed E-state index contributed by atoms with van der Waals surface area (Å²) in [6, 6.07) is -1.54. The number of hydrogen-bond acceptors (Lipinski definition) is 9. The van der Waals surface area contributed by atoms with Crippen molar-refractivity contribution in [2.75, 3.05) is 19.8 Å². The summed E-state index contributed by atoms with van der Waals surface area (Å²) in [6.07, 6.45) is 49.0. The Morgan fingerprint density at radius 3 is 1.36 bits per heavy atom. The standard InChI is InChI=1S/C47H82NO10P/c1-3-5-7-9-11-13-15-17-19-20-21-22-23-25-26-28-30-32-34-36-38-45(49)55-40-43(41-56-59(53,54)57-42-44(48)47(51)52)58-46(50)39-37-35-33-31-29-27-24-18-16-14-12-10-8-6-4-2/h6,8,12,14,18,24,29,31,35,37,43-44H,3-5,7,9-11,13,15-17,19-23,25-28,30,32-34,36,38-42,48H2,1-2H3,(H,51,52)(H,53,54)/b8-6-,14-12-,24-18-,31-29-,37-35-. The molecule has 0 amide bonds. The Labute approximate surface area is 357 Å². The number of aliphatic carboxylic acids is 1. The number of hydrogen-bond donors (Lipinski definition) is 3. The largest absolute Gasteiger partial charge is 0.480 e. The highest BCUT2D eigenvalue weighted by molar-refractivity contribution is 7.47. The molecule has 0 aromatic rings. The molecule has 340 valence electrons. The zero-order valence-electron chi connectivity index (χ0n) is 36.8. The molecule has 12 heteroatoms. The topological polar surface area (TPSA) is 172 Å². The Balaban J connectivity index is 4.38. The van der Waals surface area contributed by atoms with Crippen LogP contribution in [0.2, 0.25) is 0 Å². The van der Waals surface area contributed by atoms with Crippen molar-refractivity contribution in [1.29, 1.82) is 0 Å². The quantitative estimate of drug-likeness (QED) is 0.0231. The highest BCUT2D eigenvalue weighted by Gasteiger charge is 2.28. The Bertz CT molecular complexity index is 1230. The summed E-state index contributed by atoms with van der Waals surface area (Å²) in [5.74, 6) is -2.53. The third kappa shape index (κ3) is 41.7. The maximum atomic E-state index is 12.6. The highest BCUT2D eigenvalue weighted by Crippen LogP contribution is 2.43. The van der Waals surface area contributed by atoms with Crippen LogP contribution in [0.25, 0.3) is 0 Å². The van der Waals surface area contributed by atoms with Gasteiger partial charge in [0.05, 0.1) is 19.6 Å². The van der Waals surface area contributed by atoms with Crippen molar-refractivity contribution in [3.05, 3.63) is 60.8 Å². The first-order chi connectivity index (χ1) is 28.6. The van der Waals surface area contributed by atoms with E-state index in [2.05, 4.69) is 54.8 Å². The highest BCUT2D eigenvalue weighted by atomic mass is 31.2. The van der Waals surface area contributed by atoms with Crippen molar-refractivity contribution in [1.82, 2.24) is 0 Å². The zero-order chi connectivity index (χ0) is 43.5. The van der Waals surface area contributed by atoms with Crippen LogP contribution in [0.3, 0.4) is 0 Å². The number of carboxylic acids is 1. The average Bonchev–Trinajstić information content (AvgIpc) is 3.21. The average molecular weight is 852 g/mol. The number of unbranched alkanes of at least 4 members (excludes halogenated alkanes) is 19. The fourth-order valence-electron chi connectivity index (χ4n) is 6.02. The molecule has 0 aromatic heterocycles. The molecule has 0 bridgehead atoms. The van der Waals surface area contributed by atoms with Crippen LogP contribution in [-0.2, 0) is 37.5 Å². The molecule has 59 heavy (non-hydrogen) atoms. The number of nitrogens with two attached hydrogens (primary N) is 1. The SMILES string of the molecule is CC/C=C\C/C=C\C/C=C\C/C=C\C/C=C\CC(=O)OC(COC(=O)CCCCCCCCCCCCCCCCCCCCCC)COP(=O)(O)OCC(N)C(=O)O. The molecular weight excluding hydrogens is 769 g/mol. The molecular formula is C47H82NO10P. The van der Waals surface area contributed by atoms with Gasteiger partial charge in [-0.05, 0) is 38.5 Å². The fraction of sp³-hybridized carbons (Fsp3) is 0.723. The van der Waals surface area contributed by atoms with E-state index in [-0.39, 0.29) is 19.4 Å². The molecule has 0 heterocycles. The first-order valence-electron chi connectivity index (χ1n) is 22.8. The Morgan fingerprint density at radius 2 is 0.932 bits per heavy atom. The van der Waals surface area contributed by atoms with Crippen molar-refractivity contribution < 1.29 is 47.5 Å². The van der Waals surface area contributed by atoms with Crippen molar-refractivity contribution in [2.45, 2.75) is 199 Å². The van der Waals surface area contributed by atoms with Gasteiger partial charge in [-0.25, -0.2) is 4.57 Å². The number of ether oxygens (including phenoxy) is 2. The molecule has 0 spiro atoms. The van der Waals surface area contributed by atoms with E-state index in [9.17, 15) is 23.8 Å². The van der Waals surface area contributed by atoms with Crippen LogP contribution in [0.15, 0.2) is 60.8 Å². The third-order valence-electron chi connectivity index (χ3n) is 9.56. The number of phosphoric acid groups is 1. The number of phosphoric ester groups is 1. The Kier molecular flexibility index (Phi) is 39.9. The summed E-state index contributed by atoms with van der Waals surface area (Å²) >= 11 is 0. The Morgan fingerprint density at radius 1 is 0.542 bits per heavy atom. The molecule has 4 N–H and O–H groups in total. The molecule has 0 saturated carbocycles. The monoisotopic (exact) mass is 852 g/mol. The third-order valence-corrected chi connectivity index (χ3v) is 10.5. The van der Waals surface area contributed by atoms with Crippen molar-refractivity contribution in [3.63, 3.8) is 0 Å². The number of allylic oxidation sites excluding steroid dienone is 9. The van der Waals surface area contributed by atoms with E-state index in [1.807, 2.05) is 18.2 Å². The van der Waals surface area contributed by atoms with Crippen LogP contribution in [0, 0.1) is 0 Å². The van der Waals surface area contributed by atoms with Gasteiger partial charge in [-0.1, -0.05) is 197 Å². The smallest absolute Gasteiger partial charge is 0.472 e. The minimum absolute atomic E-state index is 0.0713. The summed E-state index contributed by atoms with van der Waals surface area (Å²) in [5.41, 5.74) is 5.33. The van der Waals surface area contributed by atoms with Crippen LogP contribution in [0.4, 0.5) is 0 Å². The lowest BCUT2D eigenvalue weighted by Gasteiger charge is -2.20. The van der Waals surface area contributed by atoms with Gasteiger partial charge in [0.2, 0.25) is 0 Å². The molecule has 0 saturated heterocycles. The van der Waals surface area contributed by atoms with Crippen molar-refractivity contribution in [2.24, 2.45) is 5.73 Å².